The minimum Gasteiger partial charge on any atom is -0.315 e. The predicted octanol–water partition coefficient (Wildman–Crippen LogP) is 0.569. The highest BCUT2D eigenvalue weighted by Gasteiger charge is 2.08. The molecule has 3 N–H and O–H groups in total. The molecule has 0 spiro atoms. The first-order chi connectivity index (χ1) is 11.3. The predicted molar refractivity (Wildman–Crippen MR) is 91.6 cm³/mol. The maximum Gasteiger partial charge on any atom is 0.269 e. The molecular weight excluding hydrogens is 294 g/mol. The van der Waals surface area contributed by atoms with Crippen LogP contribution in [0.15, 0.2) is 24.3 Å². The van der Waals surface area contributed by atoms with Crippen molar-refractivity contribution in [1.29, 1.82) is 0 Å². The molecule has 0 saturated carbocycles. The molecule has 23 heavy (non-hydrogen) atoms. The molecule has 0 aliphatic carbocycles. The van der Waals surface area contributed by atoms with Crippen LogP contribution in [0.1, 0.15) is 12.0 Å². The van der Waals surface area contributed by atoms with Crippen LogP contribution >= 0.6 is 0 Å². The maximum absolute atomic E-state index is 10.7. The third kappa shape index (κ3) is 7.04. The number of hydrogen-bond acceptors (Lipinski definition) is 6. The third-order valence-corrected chi connectivity index (χ3v) is 3.95. The Labute approximate surface area is 137 Å². The number of nitrogens with one attached hydrogen (secondary N) is 3. The quantitative estimate of drug-likeness (QED) is 0.558. The van der Waals surface area contributed by atoms with E-state index in [1.165, 1.54) is 0 Å². The lowest BCUT2D eigenvalue weighted by molar-refractivity contribution is -0.384. The lowest BCUT2D eigenvalue weighted by Gasteiger charge is -2.22. The Morgan fingerprint density at radius 2 is 1.48 bits per heavy atom. The number of rotatable bonds is 3. The van der Waals surface area contributed by atoms with E-state index < -0.39 is 0 Å². The van der Waals surface area contributed by atoms with Gasteiger partial charge in [-0.3, -0.25) is 15.0 Å². The van der Waals surface area contributed by atoms with Gasteiger partial charge in [0.15, 0.2) is 0 Å². The number of nitro groups is 1. The molecule has 0 amide bonds. The minimum atomic E-state index is -0.356. The first-order valence-electron chi connectivity index (χ1n) is 8.33. The highest BCUT2D eigenvalue weighted by molar-refractivity contribution is 5.32. The molecule has 1 saturated heterocycles. The van der Waals surface area contributed by atoms with Crippen molar-refractivity contribution >= 4 is 5.69 Å². The second-order valence-electron chi connectivity index (χ2n) is 5.80. The fourth-order valence-corrected chi connectivity index (χ4v) is 2.62. The lowest BCUT2D eigenvalue weighted by Crippen LogP contribution is -2.37. The monoisotopic (exact) mass is 321 g/mol. The summed E-state index contributed by atoms with van der Waals surface area (Å²) >= 11 is 0. The molecule has 0 bridgehead atoms. The zero-order valence-electron chi connectivity index (χ0n) is 13.6. The number of non-ortho nitro benzene ring substituents is 1. The van der Waals surface area contributed by atoms with E-state index in [9.17, 15) is 10.1 Å². The topological polar surface area (TPSA) is 82.5 Å². The van der Waals surface area contributed by atoms with Crippen LogP contribution in [0.25, 0.3) is 0 Å². The number of hydrogen-bond donors (Lipinski definition) is 3. The molecule has 1 aromatic carbocycles. The van der Waals surface area contributed by atoms with Gasteiger partial charge in [0.05, 0.1) is 4.92 Å². The summed E-state index contributed by atoms with van der Waals surface area (Å²) in [5.41, 5.74) is 1.26. The highest BCUT2D eigenvalue weighted by Crippen LogP contribution is 2.13. The average Bonchev–Trinajstić information content (AvgIpc) is 2.57. The summed E-state index contributed by atoms with van der Waals surface area (Å²) < 4.78 is 0. The van der Waals surface area contributed by atoms with Gasteiger partial charge in [0.1, 0.15) is 0 Å². The molecule has 1 heterocycles. The summed E-state index contributed by atoms with van der Waals surface area (Å²) in [6.45, 7) is 8.76. The molecule has 7 heteroatoms. The van der Waals surface area contributed by atoms with Gasteiger partial charge in [0.2, 0.25) is 0 Å². The smallest absolute Gasteiger partial charge is 0.269 e. The fourth-order valence-electron chi connectivity index (χ4n) is 2.62. The van der Waals surface area contributed by atoms with Crippen LogP contribution in [0.3, 0.4) is 0 Å². The number of benzene rings is 1. The van der Waals surface area contributed by atoms with Gasteiger partial charge in [-0.1, -0.05) is 12.1 Å². The minimum absolute atomic E-state index is 0.148. The largest absolute Gasteiger partial charge is 0.315 e. The Morgan fingerprint density at radius 1 is 0.913 bits per heavy atom. The molecule has 1 aromatic rings. The Bertz CT molecular complexity index is 452. The average molecular weight is 321 g/mol. The van der Waals surface area contributed by atoms with Crippen molar-refractivity contribution in [2.75, 3.05) is 52.4 Å². The van der Waals surface area contributed by atoms with Crippen LogP contribution in [0.5, 0.6) is 0 Å². The summed E-state index contributed by atoms with van der Waals surface area (Å²) in [6.07, 6.45) is 1.14. The van der Waals surface area contributed by atoms with E-state index in [4.69, 9.17) is 0 Å². The molecule has 0 unspecified atom stereocenters. The van der Waals surface area contributed by atoms with Crippen LogP contribution in [0.4, 0.5) is 5.69 Å². The van der Waals surface area contributed by atoms with Crippen molar-refractivity contribution in [2.24, 2.45) is 0 Å². The van der Waals surface area contributed by atoms with E-state index >= 15 is 0 Å². The number of nitrogens with zero attached hydrogens (tertiary/aromatic N) is 2. The van der Waals surface area contributed by atoms with Crippen molar-refractivity contribution in [3.8, 4) is 0 Å². The van der Waals surface area contributed by atoms with E-state index in [0.717, 1.165) is 70.9 Å². The first-order valence-corrected chi connectivity index (χ1v) is 8.33. The van der Waals surface area contributed by atoms with E-state index in [1.54, 1.807) is 12.1 Å². The van der Waals surface area contributed by atoms with E-state index in [0.29, 0.717) is 0 Å². The van der Waals surface area contributed by atoms with Crippen LogP contribution in [-0.4, -0.2) is 62.2 Å². The molecule has 2 rings (SSSR count). The van der Waals surface area contributed by atoms with Gasteiger partial charge >= 0.3 is 0 Å². The van der Waals surface area contributed by atoms with Crippen molar-refractivity contribution in [1.82, 2.24) is 20.9 Å². The van der Waals surface area contributed by atoms with E-state index in [1.807, 2.05) is 12.1 Å². The Kier molecular flexibility index (Phi) is 7.96. The van der Waals surface area contributed by atoms with Crippen molar-refractivity contribution < 1.29 is 4.92 Å². The molecular formula is C16H27N5O2. The maximum atomic E-state index is 10.7. The first kappa shape index (κ1) is 17.8. The van der Waals surface area contributed by atoms with E-state index in [2.05, 4.69) is 20.9 Å². The van der Waals surface area contributed by atoms with E-state index in [-0.39, 0.29) is 10.6 Å². The molecule has 1 fully saturated rings. The standard InChI is InChI=1S/C16H27N5O2/c22-21(23)16-4-2-15(3-5-16)14-20-12-10-18-7-1-6-17-8-9-19-11-13-20/h2-5,17-19H,1,6-14H2. The van der Waals surface area contributed by atoms with Crippen LogP contribution in [0.2, 0.25) is 0 Å². The highest BCUT2D eigenvalue weighted by atomic mass is 16.6. The van der Waals surface area contributed by atoms with Crippen molar-refractivity contribution in [3.63, 3.8) is 0 Å². The van der Waals surface area contributed by atoms with Gasteiger partial charge in [-0.05, 0) is 25.1 Å². The lowest BCUT2D eigenvalue weighted by atomic mass is 10.2. The summed E-state index contributed by atoms with van der Waals surface area (Å²) in [5.74, 6) is 0. The van der Waals surface area contributed by atoms with Crippen LogP contribution < -0.4 is 16.0 Å². The summed E-state index contributed by atoms with van der Waals surface area (Å²) in [4.78, 5) is 12.7. The molecule has 0 radical (unpaired) electrons. The Balaban J connectivity index is 1.86. The Hall–Kier alpha value is -1.54. The second kappa shape index (κ2) is 10.3. The molecule has 128 valence electrons. The molecule has 0 atom stereocenters. The zero-order chi connectivity index (χ0) is 16.3. The van der Waals surface area contributed by atoms with Gasteiger partial charge < -0.3 is 16.0 Å². The molecule has 0 aromatic heterocycles. The van der Waals surface area contributed by atoms with Gasteiger partial charge in [-0.15, -0.1) is 0 Å². The van der Waals surface area contributed by atoms with Gasteiger partial charge in [-0.2, -0.15) is 0 Å². The summed E-state index contributed by atoms with van der Waals surface area (Å²) in [7, 11) is 0. The Morgan fingerprint density at radius 3 is 2.09 bits per heavy atom. The normalized spacial score (nSPS) is 19.3. The zero-order valence-corrected chi connectivity index (χ0v) is 13.6. The van der Waals surface area contributed by atoms with Crippen molar-refractivity contribution in [2.45, 2.75) is 13.0 Å². The SMILES string of the molecule is O=[N+]([O-])c1ccc(CN2CCNCCCNCCNCC2)cc1. The van der Waals surface area contributed by atoms with Gasteiger partial charge in [-0.25, -0.2) is 0 Å². The summed E-state index contributed by atoms with van der Waals surface area (Å²) in [6, 6.07) is 6.87. The van der Waals surface area contributed by atoms with Gasteiger partial charge in [0.25, 0.3) is 5.69 Å². The second-order valence-corrected chi connectivity index (χ2v) is 5.80. The van der Waals surface area contributed by atoms with Crippen molar-refractivity contribution in [3.05, 3.63) is 39.9 Å². The fraction of sp³-hybridized carbons (Fsp3) is 0.625. The van der Waals surface area contributed by atoms with Crippen LogP contribution in [0, 0.1) is 10.1 Å². The van der Waals surface area contributed by atoms with Gasteiger partial charge in [0, 0.05) is 57.9 Å². The van der Waals surface area contributed by atoms with Crippen LogP contribution in [-0.2, 0) is 6.54 Å². The molecule has 1 aliphatic heterocycles. The number of nitro benzene ring substituents is 1. The summed E-state index contributed by atoms with van der Waals surface area (Å²) in [5, 5.41) is 21.1. The molecule has 7 nitrogen and oxygen atoms in total. The molecule has 1 aliphatic rings. The third-order valence-electron chi connectivity index (χ3n) is 3.95.